The van der Waals surface area contributed by atoms with Crippen LogP contribution in [0.5, 0.6) is 11.5 Å². The van der Waals surface area contributed by atoms with E-state index in [-0.39, 0.29) is 11.6 Å². The molecule has 0 fully saturated rings. The van der Waals surface area contributed by atoms with Gasteiger partial charge in [-0.05, 0) is 64.2 Å². The Labute approximate surface area is 114 Å². The first-order valence-electron chi connectivity index (χ1n) is 6.73. The number of hydrogen-bond acceptors (Lipinski definition) is 3. The molecule has 2 rings (SSSR count). The van der Waals surface area contributed by atoms with Gasteiger partial charge in [-0.2, -0.15) is 0 Å². The Morgan fingerprint density at radius 3 is 2.37 bits per heavy atom. The lowest BCUT2D eigenvalue weighted by Gasteiger charge is -2.35. The molecule has 3 heteroatoms. The minimum Gasteiger partial charge on any atom is -0.487 e. The number of rotatable bonds is 1. The summed E-state index contributed by atoms with van der Waals surface area (Å²) in [6, 6.07) is 0. The molecule has 0 spiro atoms. The van der Waals surface area contributed by atoms with Gasteiger partial charge in [-0.1, -0.05) is 0 Å². The SMILES string of the molecule is CC(=O)Oc1c(C)c(C)c2c(c1[13CH3])CCC(C)(C)O2. The Morgan fingerprint density at radius 1 is 1.16 bits per heavy atom. The Morgan fingerprint density at radius 2 is 1.79 bits per heavy atom. The summed E-state index contributed by atoms with van der Waals surface area (Å²) < 4.78 is 11.5. The number of hydrogen-bond donors (Lipinski definition) is 0. The number of ether oxygens (including phenoxy) is 2. The third-order valence-electron chi connectivity index (χ3n) is 3.91. The van der Waals surface area contributed by atoms with E-state index in [1.54, 1.807) is 0 Å². The lowest BCUT2D eigenvalue weighted by molar-refractivity contribution is -0.132. The monoisotopic (exact) mass is 263 g/mol. The lowest BCUT2D eigenvalue weighted by atomic mass is 9.89. The second-order valence-electron chi connectivity index (χ2n) is 5.97. The zero-order chi connectivity index (χ0) is 14.4. The number of fused-ring (bicyclic) bond motifs is 1. The molecule has 0 saturated heterocycles. The molecule has 3 nitrogen and oxygen atoms in total. The average Bonchev–Trinajstić information content (AvgIpc) is 2.30. The maximum atomic E-state index is 11.2. The minimum absolute atomic E-state index is 0.125. The van der Waals surface area contributed by atoms with Crippen LogP contribution in [0.4, 0.5) is 0 Å². The highest BCUT2D eigenvalue weighted by Gasteiger charge is 2.31. The van der Waals surface area contributed by atoms with Crippen LogP contribution >= 0.6 is 0 Å². The van der Waals surface area contributed by atoms with Crippen molar-refractivity contribution in [3.63, 3.8) is 0 Å². The highest BCUT2D eigenvalue weighted by atomic mass is 16.5. The van der Waals surface area contributed by atoms with E-state index in [1.165, 1.54) is 12.5 Å². The predicted octanol–water partition coefficient (Wildman–Crippen LogP) is 3.64. The van der Waals surface area contributed by atoms with Crippen LogP contribution in [-0.2, 0) is 11.2 Å². The van der Waals surface area contributed by atoms with Crippen LogP contribution < -0.4 is 9.47 Å². The summed E-state index contributed by atoms with van der Waals surface area (Å²) in [5, 5.41) is 0. The van der Waals surface area contributed by atoms with Gasteiger partial charge in [-0.3, -0.25) is 4.79 Å². The van der Waals surface area contributed by atoms with E-state index in [4.69, 9.17) is 9.47 Å². The molecular formula is C16H22O3. The van der Waals surface area contributed by atoms with Crippen molar-refractivity contribution in [1.82, 2.24) is 0 Å². The molecule has 1 aromatic rings. The molecular weight excluding hydrogens is 241 g/mol. The van der Waals surface area contributed by atoms with Crippen molar-refractivity contribution < 1.29 is 14.3 Å². The largest absolute Gasteiger partial charge is 0.487 e. The first-order chi connectivity index (χ1) is 8.73. The van der Waals surface area contributed by atoms with Crippen molar-refractivity contribution in [2.75, 3.05) is 0 Å². The fourth-order valence-electron chi connectivity index (χ4n) is 2.64. The molecule has 0 radical (unpaired) electrons. The van der Waals surface area contributed by atoms with Crippen LogP contribution in [0.25, 0.3) is 0 Å². The molecule has 0 bridgehead atoms. The summed E-state index contributed by atoms with van der Waals surface area (Å²) in [7, 11) is 0. The van der Waals surface area contributed by atoms with Gasteiger partial charge in [0.25, 0.3) is 0 Å². The summed E-state index contributed by atoms with van der Waals surface area (Å²) in [6.45, 7) is 11.7. The normalized spacial score (nSPS) is 16.5. The van der Waals surface area contributed by atoms with Crippen LogP contribution in [0.1, 0.15) is 49.4 Å². The van der Waals surface area contributed by atoms with E-state index in [0.717, 1.165) is 35.3 Å². The van der Waals surface area contributed by atoms with Gasteiger partial charge in [0.1, 0.15) is 17.1 Å². The molecule has 19 heavy (non-hydrogen) atoms. The van der Waals surface area contributed by atoms with Gasteiger partial charge in [0.05, 0.1) is 0 Å². The summed E-state index contributed by atoms with van der Waals surface area (Å²) in [4.78, 5) is 11.2. The fourth-order valence-corrected chi connectivity index (χ4v) is 2.64. The first-order valence-corrected chi connectivity index (χ1v) is 6.73. The maximum absolute atomic E-state index is 11.2. The van der Waals surface area contributed by atoms with Crippen molar-refractivity contribution >= 4 is 5.97 Å². The van der Waals surface area contributed by atoms with Crippen LogP contribution in [0, 0.1) is 20.8 Å². The van der Waals surface area contributed by atoms with Crippen molar-refractivity contribution in [2.45, 2.75) is 60.0 Å². The molecule has 0 aliphatic carbocycles. The maximum Gasteiger partial charge on any atom is 0.308 e. The molecule has 0 unspecified atom stereocenters. The van der Waals surface area contributed by atoms with Gasteiger partial charge in [0.2, 0.25) is 0 Å². The Hall–Kier alpha value is -1.51. The molecule has 0 saturated carbocycles. The minimum atomic E-state index is -0.275. The number of esters is 1. The Kier molecular flexibility index (Phi) is 3.33. The number of benzene rings is 1. The first kappa shape index (κ1) is 13.9. The summed E-state index contributed by atoms with van der Waals surface area (Å²) >= 11 is 0. The molecule has 0 N–H and O–H groups in total. The molecule has 104 valence electrons. The van der Waals surface area contributed by atoms with Gasteiger partial charge < -0.3 is 9.47 Å². The van der Waals surface area contributed by atoms with Crippen molar-refractivity contribution in [3.8, 4) is 11.5 Å². The second-order valence-corrected chi connectivity index (χ2v) is 5.97. The fraction of sp³-hybridized carbons (Fsp3) is 0.562. The van der Waals surface area contributed by atoms with Crippen molar-refractivity contribution in [3.05, 3.63) is 22.3 Å². The van der Waals surface area contributed by atoms with E-state index in [1.807, 2.05) is 20.8 Å². The van der Waals surface area contributed by atoms with Crippen LogP contribution in [-0.4, -0.2) is 11.6 Å². The summed E-state index contributed by atoms with van der Waals surface area (Å²) in [5.41, 5.74) is 4.15. The topological polar surface area (TPSA) is 35.5 Å². The highest BCUT2D eigenvalue weighted by molar-refractivity contribution is 5.72. The molecule has 1 heterocycles. The number of carbonyl (C=O) groups is 1. The van der Waals surface area contributed by atoms with Gasteiger partial charge in [-0.15, -0.1) is 0 Å². The quantitative estimate of drug-likeness (QED) is 0.441. The molecule has 1 aromatic carbocycles. The zero-order valence-corrected chi connectivity index (χ0v) is 12.6. The lowest BCUT2D eigenvalue weighted by Crippen LogP contribution is -2.33. The standard InChI is InChI=1S/C16H22O3/c1-9-10(2)15-13(7-8-16(5,6)19-15)11(3)14(9)18-12(4)17/h7-8H2,1-6H3/i3+1. The van der Waals surface area contributed by atoms with E-state index < -0.39 is 0 Å². The third kappa shape index (κ3) is 2.46. The van der Waals surface area contributed by atoms with Gasteiger partial charge in [0, 0.05) is 12.5 Å². The Bertz CT molecular complexity index is 542. The van der Waals surface area contributed by atoms with E-state index in [0.29, 0.717) is 5.75 Å². The predicted molar refractivity (Wildman–Crippen MR) is 75.0 cm³/mol. The third-order valence-corrected chi connectivity index (χ3v) is 3.91. The molecule has 1 aliphatic heterocycles. The average molecular weight is 263 g/mol. The summed E-state index contributed by atoms with van der Waals surface area (Å²) in [6.07, 6.45) is 1.94. The van der Waals surface area contributed by atoms with Gasteiger partial charge >= 0.3 is 5.97 Å². The van der Waals surface area contributed by atoms with Crippen LogP contribution in [0.3, 0.4) is 0 Å². The molecule has 0 amide bonds. The van der Waals surface area contributed by atoms with Crippen molar-refractivity contribution in [1.29, 1.82) is 0 Å². The summed E-state index contributed by atoms with van der Waals surface area (Å²) in [5.74, 6) is 1.40. The van der Waals surface area contributed by atoms with Crippen LogP contribution in [0.15, 0.2) is 0 Å². The number of carbonyl (C=O) groups excluding carboxylic acids is 1. The highest BCUT2D eigenvalue weighted by Crippen LogP contribution is 2.43. The smallest absolute Gasteiger partial charge is 0.308 e. The van der Waals surface area contributed by atoms with Gasteiger partial charge in [-0.25, -0.2) is 0 Å². The van der Waals surface area contributed by atoms with Crippen molar-refractivity contribution in [2.24, 2.45) is 0 Å². The second kappa shape index (κ2) is 4.55. The van der Waals surface area contributed by atoms with E-state index in [9.17, 15) is 4.79 Å². The molecule has 0 aromatic heterocycles. The Balaban J connectivity index is 2.60. The van der Waals surface area contributed by atoms with E-state index in [2.05, 4.69) is 13.8 Å². The van der Waals surface area contributed by atoms with Gasteiger partial charge in [0.15, 0.2) is 0 Å². The zero-order valence-electron chi connectivity index (χ0n) is 12.6. The molecule has 1 aliphatic rings. The molecule has 0 atom stereocenters. The van der Waals surface area contributed by atoms with Crippen LogP contribution in [0.2, 0.25) is 0 Å². The van der Waals surface area contributed by atoms with E-state index >= 15 is 0 Å².